The number of unbranched alkanes of at least 4 members (excludes halogenated alkanes) is 2. The molecule has 2 N–H and O–H groups in total. The van der Waals surface area contributed by atoms with Crippen LogP contribution in [-0.2, 0) is 9.47 Å². The first-order chi connectivity index (χ1) is 13.9. The zero-order chi connectivity index (χ0) is 21.3. The molecule has 2 aliphatic rings. The smallest absolute Gasteiger partial charge is 0.293 e. The summed E-state index contributed by atoms with van der Waals surface area (Å²) < 4.78 is 26.8. The Morgan fingerprint density at radius 3 is 2.28 bits per heavy atom. The summed E-state index contributed by atoms with van der Waals surface area (Å²) in [4.78, 5) is 4.35. The van der Waals surface area contributed by atoms with Crippen LogP contribution in [-0.4, -0.2) is 25.0 Å². The highest BCUT2D eigenvalue weighted by Gasteiger charge is 2.94. The van der Waals surface area contributed by atoms with Crippen LogP contribution in [0, 0.1) is 39.3 Å². The summed E-state index contributed by atoms with van der Waals surface area (Å²) in [5.74, 6) is -3.41. The van der Waals surface area contributed by atoms with Crippen LogP contribution in [0.2, 0.25) is 5.02 Å². The minimum Gasteiger partial charge on any atom is -0.386 e. The molecule has 1 heterocycles. The van der Waals surface area contributed by atoms with Gasteiger partial charge in [0.15, 0.2) is 5.41 Å². The molecule has 154 valence electrons. The molecule has 0 spiro atoms. The molecule has 3 rings (SSSR count). The minimum absolute atomic E-state index is 0.0673. The number of hydrogen-bond acceptors (Lipinski definition) is 6. The zero-order valence-corrected chi connectivity index (χ0v) is 17.3. The van der Waals surface area contributed by atoms with E-state index in [9.17, 15) is 14.9 Å². The largest absolute Gasteiger partial charge is 0.386 e. The van der Waals surface area contributed by atoms with Gasteiger partial charge in [-0.1, -0.05) is 44.4 Å². The second kappa shape index (κ2) is 7.91. The van der Waals surface area contributed by atoms with Crippen molar-refractivity contribution in [3.8, 4) is 12.1 Å². The van der Waals surface area contributed by atoms with E-state index in [1.807, 2.05) is 13.8 Å². The Morgan fingerprint density at radius 1 is 1.17 bits per heavy atom. The number of ether oxygens (including phenoxy) is 2. The average Bonchev–Trinajstić information content (AvgIpc) is 3.25. The second-order valence-corrected chi connectivity index (χ2v) is 7.80. The second-order valence-electron chi connectivity index (χ2n) is 7.39. The quantitative estimate of drug-likeness (QED) is 0.476. The fraction of sp³-hybridized carbons (Fsp3) is 0.571. The van der Waals surface area contributed by atoms with Gasteiger partial charge >= 0.3 is 0 Å². The van der Waals surface area contributed by atoms with Crippen molar-refractivity contribution in [1.82, 2.24) is 0 Å². The molecule has 8 heteroatoms. The minimum atomic E-state index is -1.78. The lowest BCUT2D eigenvalue weighted by molar-refractivity contribution is -0.260. The third-order valence-electron chi connectivity index (χ3n) is 5.81. The monoisotopic (exact) mass is 418 g/mol. The van der Waals surface area contributed by atoms with Crippen LogP contribution in [0.4, 0.5) is 4.39 Å². The Balaban J connectivity index is 2.16. The van der Waals surface area contributed by atoms with Crippen LogP contribution >= 0.6 is 11.6 Å². The highest BCUT2D eigenvalue weighted by Crippen LogP contribution is 2.82. The van der Waals surface area contributed by atoms with Crippen LogP contribution in [0.25, 0.3) is 0 Å². The van der Waals surface area contributed by atoms with Gasteiger partial charge in [-0.2, -0.15) is 10.5 Å². The van der Waals surface area contributed by atoms with Gasteiger partial charge in [-0.25, -0.2) is 9.38 Å². The first kappa shape index (κ1) is 21.5. The van der Waals surface area contributed by atoms with E-state index in [1.54, 1.807) is 0 Å². The molecule has 1 fully saturated rings. The molecule has 1 aromatic rings. The Kier molecular flexibility index (Phi) is 5.87. The molecule has 3 atom stereocenters. The van der Waals surface area contributed by atoms with Gasteiger partial charge in [-0.3, -0.25) is 0 Å². The predicted octanol–water partition coefficient (Wildman–Crippen LogP) is 4.25. The van der Waals surface area contributed by atoms with E-state index in [-0.39, 0.29) is 29.6 Å². The van der Waals surface area contributed by atoms with Crippen molar-refractivity contribution < 1.29 is 13.9 Å². The average molecular weight is 419 g/mol. The van der Waals surface area contributed by atoms with Crippen molar-refractivity contribution in [2.45, 2.75) is 51.4 Å². The van der Waals surface area contributed by atoms with Crippen LogP contribution in [0.5, 0.6) is 0 Å². The molecule has 0 saturated heterocycles. The summed E-state index contributed by atoms with van der Waals surface area (Å²) in [6.45, 7) is 4.53. The fourth-order valence-electron chi connectivity index (χ4n) is 4.29. The Labute approximate surface area is 175 Å². The summed E-state index contributed by atoms with van der Waals surface area (Å²) in [5, 5.41) is 20.5. The lowest BCUT2D eigenvalue weighted by Gasteiger charge is -2.32. The SMILES string of the molecule is CCCCOC1(OCCCC)N=C(N)C2(C#N)C(c3c(F)cccc3Cl)C12C#N. The summed E-state index contributed by atoms with van der Waals surface area (Å²) in [6.07, 6.45) is 3.13. The van der Waals surface area contributed by atoms with Crippen LogP contribution in [0.15, 0.2) is 23.2 Å². The summed E-state index contributed by atoms with van der Waals surface area (Å²) in [7, 11) is 0. The molecular weight excluding hydrogens is 395 g/mol. The van der Waals surface area contributed by atoms with E-state index in [2.05, 4.69) is 17.1 Å². The van der Waals surface area contributed by atoms with Crippen LogP contribution in [0.1, 0.15) is 51.0 Å². The van der Waals surface area contributed by atoms with Gasteiger partial charge in [0.05, 0.1) is 25.4 Å². The number of amidine groups is 1. The molecule has 1 saturated carbocycles. The number of benzene rings is 1. The number of fused-ring (bicyclic) bond motifs is 1. The maximum absolute atomic E-state index is 14.8. The molecule has 0 radical (unpaired) electrons. The normalized spacial score (nSPS) is 28.9. The highest BCUT2D eigenvalue weighted by molar-refractivity contribution is 6.31. The number of halogens is 2. The van der Waals surface area contributed by atoms with Crippen LogP contribution in [0.3, 0.4) is 0 Å². The fourth-order valence-corrected chi connectivity index (χ4v) is 4.56. The summed E-state index contributed by atoms with van der Waals surface area (Å²) in [5.41, 5.74) is 3.07. The van der Waals surface area contributed by atoms with E-state index in [0.717, 1.165) is 12.8 Å². The first-order valence-electron chi connectivity index (χ1n) is 9.82. The maximum Gasteiger partial charge on any atom is 0.293 e. The van der Waals surface area contributed by atoms with E-state index in [4.69, 9.17) is 26.8 Å². The lowest BCUT2D eigenvalue weighted by atomic mass is 9.93. The maximum atomic E-state index is 14.8. The van der Waals surface area contributed by atoms with Gasteiger partial charge in [0.25, 0.3) is 5.91 Å². The standard InChI is InChI=1S/C21H24ClFN4O2/c1-3-5-10-28-21(29-11-6-4-2)20(13-25)17(19(20,12-24)18(26)27-21)16-14(22)8-7-9-15(16)23/h7-9,17H,3-6,10-11H2,1-2H3,(H2,26,27). The number of rotatable bonds is 9. The molecule has 0 aromatic heterocycles. The molecule has 1 aliphatic heterocycles. The van der Waals surface area contributed by atoms with Gasteiger partial charge in [-0.05, 0) is 25.0 Å². The third kappa shape index (κ3) is 2.76. The Morgan fingerprint density at radius 2 is 1.79 bits per heavy atom. The van der Waals surface area contributed by atoms with Crippen molar-refractivity contribution in [3.63, 3.8) is 0 Å². The predicted molar refractivity (Wildman–Crippen MR) is 106 cm³/mol. The molecule has 1 aromatic carbocycles. The van der Waals surface area contributed by atoms with E-state index in [1.165, 1.54) is 18.2 Å². The van der Waals surface area contributed by atoms with Crippen molar-refractivity contribution >= 4 is 17.4 Å². The molecule has 29 heavy (non-hydrogen) atoms. The number of nitrogens with zero attached hydrogens (tertiary/aromatic N) is 3. The highest BCUT2D eigenvalue weighted by atomic mass is 35.5. The van der Waals surface area contributed by atoms with Crippen molar-refractivity contribution in [2.24, 2.45) is 21.6 Å². The van der Waals surface area contributed by atoms with Gasteiger partial charge in [0, 0.05) is 16.5 Å². The third-order valence-corrected chi connectivity index (χ3v) is 6.14. The Bertz CT molecular complexity index is 879. The molecular formula is C21H24ClFN4O2. The van der Waals surface area contributed by atoms with Crippen molar-refractivity contribution in [2.75, 3.05) is 13.2 Å². The lowest BCUT2D eigenvalue weighted by Crippen LogP contribution is -2.44. The molecule has 0 bridgehead atoms. The van der Waals surface area contributed by atoms with E-state index >= 15 is 0 Å². The number of hydrogen-bond donors (Lipinski definition) is 1. The molecule has 3 unspecified atom stereocenters. The topological polar surface area (TPSA) is 104 Å². The van der Waals surface area contributed by atoms with Gasteiger partial charge in [-0.15, -0.1) is 0 Å². The van der Waals surface area contributed by atoms with Crippen molar-refractivity contribution in [1.29, 1.82) is 10.5 Å². The van der Waals surface area contributed by atoms with Gasteiger partial charge < -0.3 is 15.2 Å². The van der Waals surface area contributed by atoms with Gasteiger partial charge in [0.2, 0.25) is 0 Å². The van der Waals surface area contributed by atoms with E-state index in [0.29, 0.717) is 12.8 Å². The van der Waals surface area contributed by atoms with Gasteiger partial charge in [0.1, 0.15) is 17.1 Å². The molecule has 0 amide bonds. The van der Waals surface area contributed by atoms with Crippen LogP contribution < -0.4 is 5.73 Å². The number of nitriles is 2. The summed E-state index contributed by atoms with van der Waals surface area (Å²) in [6, 6.07) is 8.56. The molecule has 6 nitrogen and oxygen atoms in total. The Hall–Kier alpha value is -2.19. The first-order valence-corrected chi connectivity index (χ1v) is 10.2. The van der Waals surface area contributed by atoms with E-state index < -0.39 is 28.5 Å². The van der Waals surface area contributed by atoms with Crippen molar-refractivity contribution in [3.05, 3.63) is 34.6 Å². The number of nitrogens with two attached hydrogens (primary N) is 1. The molecule has 1 aliphatic carbocycles. The zero-order valence-electron chi connectivity index (χ0n) is 16.5. The number of aliphatic imine (C=N–C) groups is 1. The summed E-state index contributed by atoms with van der Waals surface area (Å²) >= 11 is 6.29.